The molecule has 1 atom stereocenters. The van der Waals surface area contributed by atoms with E-state index in [4.69, 9.17) is 0 Å². The fraction of sp³-hybridized carbons (Fsp3) is 0.350. The Kier molecular flexibility index (Phi) is 6.78. The maximum absolute atomic E-state index is 13.9. The van der Waals surface area contributed by atoms with E-state index in [1.807, 2.05) is 35.2 Å². The number of carbonyl (C=O) groups is 1. The third-order valence-electron chi connectivity index (χ3n) is 4.54. The molecular formula is C20H25FN6O. The van der Waals surface area contributed by atoms with Crippen LogP contribution < -0.4 is 20.9 Å². The first-order valence-corrected chi connectivity index (χ1v) is 9.29. The van der Waals surface area contributed by atoms with Crippen molar-refractivity contribution < 1.29 is 9.18 Å². The Morgan fingerprint density at radius 1 is 1.25 bits per heavy atom. The molecule has 3 rings (SSSR count). The zero-order valence-corrected chi connectivity index (χ0v) is 15.9. The first-order chi connectivity index (χ1) is 13.7. The van der Waals surface area contributed by atoms with Crippen molar-refractivity contribution >= 4 is 17.7 Å². The first-order valence-electron chi connectivity index (χ1n) is 9.29. The summed E-state index contributed by atoms with van der Waals surface area (Å²) in [5, 5.41) is 9.16. The molecule has 0 bridgehead atoms. The van der Waals surface area contributed by atoms with E-state index in [-0.39, 0.29) is 24.3 Å². The van der Waals surface area contributed by atoms with E-state index in [2.05, 4.69) is 25.9 Å². The summed E-state index contributed by atoms with van der Waals surface area (Å²) >= 11 is 0. The molecular weight excluding hydrogens is 359 g/mol. The van der Waals surface area contributed by atoms with Crippen LogP contribution in [0.1, 0.15) is 12.0 Å². The molecule has 1 aliphatic heterocycles. The van der Waals surface area contributed by atoms with E-state index in [1.54, 1.807) is 19.3 Å². The lowest BCUT2D eigenvalue weighted by molar-refractivity contribution is -0.120. The second-order valence-corrected chi connectivity index (χ2v) is 6.57. The topological polar surface area (TPSA) is 81.6 Å². The van der Waals surface area contributed by atoms with Crippen LogP contribution in [0.5, 0.6) is 0 Å². The third-order valence-corrected chi connectivity index (χ3v) is 4.54. The van der Waals surface area contributed by atoms with E-state index >= 15 is 0 Å². The van der Waals surface area contributed by atoms with E-state index < -0.39 is 0 Å². The minimum absolute atomic E-state index is 0.0972. The highest BCUT2D eigenvalue weighted by atomic mass is 19.1. The number of guanidine groups is 1. The maximum atomic E-state index is 13.9. The summed E-state index contributed by atoms with van der Waals surface area (Å²) < 4.78 is 13.9. The molecule has 1 fully saturated rings. The van der Waals surface area contributed by atoms with Crippen LogP contribution in [-0.4, -0.2) is 49.6 Å². The molecule has 148 valence electrons. The molecule has 28 heavy (non-hydrogen) atoms. The summed E-state index contributed by atoms with van der Waals surface area (Å²) in [6.45, 7) is 1.94. The van der Waals surface area contributed by atoms with Gasteiger partial charge in [-0.25, -0.2) is 9.37 Å². The molecule has 1 aromatic carbocycles. The number of aromatic nitrogens is 1. The van der Waals surface area contributed by atoms with Crippen LogP contribution in [0.2, 0.25) is 0 Å². The second kappa shape index (κ2) is 9.68. The highest BCUT2D eigenvalue weighted by Crippen LogP contribution is 2.20. The van der Waals surface area contributed by atoms with E-state index in [9.17, 15) is 9.18 Å². The number of hydrogen-bond donors (Lipinski definition) is 3. The van der Waals surface area contributed by atoms with Gasteiger partial charge in [-0.15, -0.1) is 0 Å². The first kappa shape index (κ1) is 19.6. The van der Waals surface area contributed by atoms with E-state index in [0.29, 0.717) is 31.4 Å². The smallest absolute Gasteiger partial charge is 0.239 e. The van der Waals surface area contributed by atoms with Gasteiger partial charge in [0, 0.05) is 38.9 Å². The lowest BCUT2D eigenvalue weighted by Crippen LogP contribution is -2.47. The van der Waals surface area contributed by atoms with Crippen molar-refractivity contribution in [3.05, 3.63) is 60.0 Å². The monoisotopic (exact) mass is 384 g/mol. The molecule has 1 saturated heterocycles. The van der Waals surface area contributed by atoms with Crippen LogP contribution in [0.3, 0.4) is 0 Å². The Morgan fingerprint density at radius 2 is 2.07 bits per heavy atom. The average Bonchev–Trinajstić information content (AvgIpc) is 3.19. The fourth-order valence-corrected chi connectivity index (χ4v) is 3.09. The van der Waals surface area contributed by atoms with Crippen molar-refractivity contribution in [2.45, 2.75) is 19.0 Å². The average molecular weight is 384 g/mol. The van der Waals surface area contributed by atoms with E-state index in [0.717, 1.165) is 12.0 Å². The predicted molar refractivity (Wildman–Crippen MR) is 108 cm³/mol. The highest BCUT2D eigenvalue weighted by molar-refractivity contribution is 5.86. The molecule has 8 heteroatoms. The zero-order chi connectivity index (χ0) is 19.8. The molecule has 2 aromatic rings. The largest absolute Gasteiger partial charge is 0.352 e. The summed E-state index contributed by atoms with van der Waals surface area (Å²) in [5.41, 5.74) is 1.05. The molecule has 3 N–H and O–H groups in total. The number of pyridine rings is 1. The van der Waals surface area contributed by atoms with Gasteiger partial charge < -0.3 is 20.9 Å². The van der Waals surface area contributed by atoms with Crippen LogP contribution in [0, 0.1) is 5.82 Å². The summed E-state index contributed by atoms with van der Waals surface area (Å²) in [7, 11) is 1.66. The van der Waals surface area contributed by atoms with Gasteiger partial charge in [-0.05, 0) is 24.1 Å². The SMILES string of the molecule is CN=C(NCC(=O)NCc1ccccc1)NC1CCN(c2ncccc2F)C1. The van der Waals surface area contributed by atoms with Crippen LogP contribution in [0.15, 0.2) is 53.7 Å². The second-order valence-electron chi connectivity index (χ2n) is 6.57. The lowest BCUT2D eigenvalue weighted by atomic mass is 10.2. The normalized spacial score (nSPS) is 16.7. The minimum Gasteiger partial charge on any atom is -0.352 e. The molecule has 0 radical (unpaired) electrons. The molecule has 0 saturated carbocycles. The van der Waals surface area contributed by atoms with Gasteiger partial charge in [0.15, 0.2) is 17.6 Å². The van der Waals surface area contributed by atoms with Crippen LogP contribution in [-0.2, 0) is 11.3 Å². The Bertz CT molecular complexity index is 813. The standard InChI is InChI=1S/C20H25FN6O/c1-22-20(25-13-18(28)24-12-15-6-3-2-4-7-15)26-16-9-11-27(14-16)19-17(21)8-5-10-23-19/h2-8,10,16H,9,11-14H2,1H3,(H,24,28)(H2,22,25,26). The Morgan fingerprint density at radius 3 is 2.82 bits per heavy atom. The Balaban J connectivity index is 1.42. The van der Waals surface area contributed by atoms with Gasteiger partial charge in [0.2, 0.25) is 5.91 Å². The maximum Gasteiger partial charge on any atom is 0.239 e. The molecule has 0 aliphatic carbocycles. The van der Waals surface area contributed by atoms with Crippen molar-refractivity contribution in [1.29, 1.82) is 0 Å². The van der Waals surface area contributed by atoms with Gasteiger partial charge in [0.25, 0.3) is 0 Å². The van der Waals surface area contributed by atoms with Gasteiger partial charge in [0.1, 0.15) is 0 Å². The van der Waals surface area contributed by atoms with Gasteiger partial charge >= 0.3 is 0 Å². The van der Waals surface area contributed by atoms with Crippen molar-refractivity contribution in [3.63, 3.8) is 0 Å². The quantitative estimate of drug-likeness (QED) is 0.516. The van der Waals surface area contributed by atoms with Gasteiger partial charge in [-0.2, -0.15) is 0 Å². The van der Waals surface area contributed by atoms with Crippen molar-refractivity contribution in [3.8, 4) is 0 Å². The summed E-state index contributed by atoms with van der Waals surface area (Å²) in [6.07, 6.45) is 2.42. The Labute approximate surface area is 164 Å². The zero-order valence-electron chi connectivity index (χ0n) is 15.9. The molecule has 1 unspecified atom stereocenters. The number of nitrogens with one attached hydrogen (secondary N) is 3. The number of anilines is 1. The van der Waals surface area contributed by atoms with Gasteiger partial charge in [-0.3, -0.25) is 9.79 Å². The molecule has 2 heterocycles. The predicted octanol–water partition coefficient (Wildman–Crippen LogP) is 1.28. The number of amides is 1. The lowest BCUT2D eigenvalue weighted by Gasteiger charge is -2.19. The van der Waals surface area contributed by atoms with Gasteiger partial charge in [0.05, 0.1) is 6.54 Å². The summed E-state index contributed by atoms with van der Waals surface area (Å²) in [6, 6.07) is 12.8. The number of benzene rings is 1. The van der Waals surface area contributed by atoms with Crippen LogP contribution >= 0.6 is 0 Å². The fourth-order valence-electron chi connectivity index (χ4n) is 3.09. The number of rotatable bonds is 6. The van der Waals surface area contributed by atoms with Crippen LogP contribution in [0.25, 0.3) is 0 Å². The molecule has 7 nitrogen and oxygen atoms in total. The highest BCUT2D eigenvalue weighted by Gasteiger charge is 2.26. The number of nitrogens with zero attached hydrogens (tertiary/aromatic N) is 3. The summed E-state index contributed by atoms with van der Waals surface area (Å²) in [5.74, 6) is 0.481. The van der Waals surface area contributed by atoms with Gasteiger partial charge in [-0.1, -0.05) is 30.3 Å². The molecule has 1 aliphatic rings. The number of hydrogen-bond acceptors (Lipinski definition) is 4. The summed E-state index contributed by atoms with van der Waals surface area (Å²) in [4.78, 5) is 22.2. The molecule has 1 amide bonds. The van der Waals surface area contributed by atoms with E-state index in [1.165, 1.54) is 6.07 Å². The third kappa shape index (κ3) is 5.42. The van der Waals surface area contributed by atoms with Crippen molar-refractivity contribution in [2.75, 3.05) is 31.6 Å². The Hall–Kier alpha value is -3.16. The molecule has 0 spiro atoms. The van der Waals surface area contributed by atoms with Crippen molar-refractivity contribution in [1.82, 2.24) is 20.9 Å². The molecule has 1 aromatic heterocycles. The number of carbonyl (C=O) groups excluding carboxylic acids is 1. The van der Waals surface area contributed by atoms with Crippen LogP contribution in [0.4, 0.5) is 10.2 Å². The minimum atomic E-state index is -0.319. The number of aliphatic imine (C=N–C) groups is 1. The van der Waals surface area contributed by atoms with Crippen molar-refractivity contribution in [2.24, 2.45) is 4.99 Å². The number of halogens is 1.